The Morgan fingerprint density at radius 2 is 1.59 bits per heavy atom. The van der Waals surface area contributed by atoms with Crippen molar-refractivity contribution in [1.82, 2.24) is 19.3 Å². The molecule has 3 aliphatic rings. The van der Waals surface area contributed by atoms with Crippen LogP contribution >= 0.6 is 11.6 Å². The lowest BCUT2D eigenvalue weighted by molar-refractivity contribution is -0.384. The van der Waals surface area contributed by atoms with Crippen LogP contribution in [0.3, 0.4) is 0 Å². The number of nitrogens with zero attached hydrogens (tertiary/aromatic N) is 5. The lowest BCUT2D eigenvalue weighted by Gasteiger charge is -2.39. The molecule has 356 valence electrons. The van der Waals surface area contributed by atoms with Gasteiger partial charge in [0, 0.05) is 106 Å². The molecule has 3 saturated heterocycles. The molecule has 6 aromatic rings. The number of ether oxygens (including phenoxy) is 1. The number of carbonyl (C=O) groups excluding carboxylic acids is 1. The molecule has 19 heteroatoms. The van der Waals surface area contributed by atoms with E-state index < -0.39 is 43.2 Å². The minimum atomic E-state index is -4.63. The van der Waals surface area contributed by atoms with Gasteiger partial charge in [-0.05, 0) is 103 Å². The van der Waals surface area contributed by atoms with Gasteiger partial charge in [-0.25, -0.2) is 13.1 Å². The van der Waals surface area contributed by atoms with E-state index in [2.05, 4.69) is 24.7 Å². The summed E-state index contributed by atoms with van der Waals surface area (Å²) in [5.41, 5.74) is 2.11. The number of likely N-dealkylation sites (tertiary alicyclic amines) is 1. The fourth-order valence-corrected chi connectivity index (χ4v) is 10.4. The van der Waals surface area contributed by atoms with Gasteiger partial charge in [0.2, 0.25) is 0 Å². The summed E-state index contributed by atoms with van der Waals surface area (Å²) in [6.45, 7) is 5.68. The Balaban J connectivity index is 0.913. The number of piperidine rings is 1. The van der Waals surface area contributed by atoms with Crippen LogP contribution in [0.2, 0.25) is 5.02 Å². The molecule has 0 radical (unpaired) electrons. The molecule has 14 nitrogen and oxygen atoms in total. The Kier molecular flexibility index (Phi) is 13.7. The van der Waals surface area contributed by atoms with Crippen molar-refractivity contribution in [2.45, 2.75) is 55.4 Å². The van der Waals surface area contributed by atoms with Gasteiger partial charge >= 0.3 is 6.18 Å². The maximum Gasteiger partial charge on any atom is 0.416 e. The molecular weight excluding hydrogens is 923 g/mol. The Hall–Kier alpha value is -6.18. The zero-order chi connectivity index (χ0) is 47.6. The van der Waals surface area contributed by atoms with Gasteiger partial charge in [0.1, 0.15) is 5.69 Å². The lowest BCUT2D eigenvalue weighted by atomic mass is 9.96. The molecule has 5 aromatic carbocycles. The van der Waals surface area contributed by atoms with Crippen molar-refractivity contribution in [2.75, 3.05) is 62.7 Å². The van der Waals surface area contributed by atoms with Crippen molar-refractivity contribution >= 4 is 55.5 Å². The quantitative estimate of drug-likeness (QED) is 0.0842. The first-order valence-corrected chi connectivity index (χ1v) is 24.3. The second-order valence-electron chi connectivity index (χ2n) is 17.3. The highest BCUT2D eigenvalue weighted by Crippen LogP contribution is 2.36. The van der Waals surface area contributed by atoms with Crippen LogP contribution in [0.15, 0.2) is 120 Å². The predicted octanol–water partition coefficient (Wildman–Crippen LogP) is 9.23. The van der Waals surface area contributed by atoms with E-state index in [4.69, 9.17) is 21.2 Å². The number of alkyl halides is 3. The first kappa shape index (κ1) is 46.9. The number of halogens is 4. The summed E-state index contributed by atoms with van der Waals surface area (Å²) in [6, 6.07) is 28.5. The molecule has 4 heterocycles. The van der Waals surface area contributed by atoms with Crippen molar-refractivity contribution in [3.8, 4) is 16.9 Å². The Morgan fingerprint density at radius 3 is 2.31 bits per heavy atom. The fourth-order valence-electron chi connectivity index (χ4n) is 9.27. The number of carbonyl (C=O) groups is 1. The van der Waals surface area contributed by atoms with Crippen LogP contribution in [0, 0.1) is 10.1 Å². The Labute approximate surface area is 396 Å². The number of nitro benzene ring substituents is 1. The smallest absolute Gasteiger partial charge is 0.381 e. The molecule has 0 atom stereocenters. The normalized spacial score (nSPS) is 17.0. The molecule has 0 unspecified atom stereocenters. The number of nitro groups is 1. The number of para-hydroxylation sites is 1. The lowest BCUT2D eigenvalue weighted by Crippen LogP contribution is -2.46. The van der Waals surface area contributed by atoms with Crippen molar-refractivity contribution in [3.05, 3.63) is 147 Å². The largest absolute Gasteiger partial charge is 0.416 e. The van der Waals surface area contributed by atoms with E-state index in [0.717, 1.165) is 75.1 Å². The monoisotopic (exact) mass is 971 g/mol. The first-order chi connectivity index (χ1) is 32.7. The second-order valence-corrected chi connectivity index (χ2v) is 19.4. The first-order valence-electron chi connectivity index (χ1n) is 22.4. The maximum absolute atomic E-state index is 14.0. The van der Waals surface area contributed by atoms with Gasteiger partial charge in [-0.1, -0.05) is 48.0 Å². The van der Waals surface area contributed by atoms with Crippen LogP contribution in [0.1, 0.15) is 47.2 Å². The van der Waals surface area contributed by atoms with E-state index in [9.17, 15) is 36.5 Å². The summed E-state index contributed by atoms with van der Waals surface area (Å²) < 4.78 is 78.1. The summed E-state index contributed by atoms with van der Waals surface area (Å²) in [7, 11) is -4.63. The van der Waals surface area contributed by atoms with E-state index in [0.29, 0.717) is 66.1 Å². The van der Waals surface area contributed by atoms with Crippen molar-refractivity contribution in [2.24, 2.45) is 0 Å². The van der Waals surface area contributed by atoms with E-state index in [1.165, 1.54) is 35.1 Å². The number of aromatic nitrogens is 1. The van der Waals surface area contributed by atoms with Gasteiger partial charge in [0.25, 0.3) is 21.6 Å². The average Bonchev–Trinajstić information content (AvgIpc) is 3.74. The molecule has 0 bridgehead atoms. The number of sulfonamides is 1. The molecular formula is C49H49ClF3N7O7S. The summed E-state index contributed by atoms with van der Waals surface area (Å²) >= 11 is 6.09. The van der Waals surface area contributed by atoms with E-state index in [1.54, 1.807) is 42.6 Å². The molecule has 3 fully saturated rings. The minimum Gasteiger partial charge on any atom is -0.381 e. The zero-order valence-electron chi connectivity index (χ0n) is 36.8. The topological polar surface area (TPSA) is 152 Å². The predicted molar refractivity (Wildman–Crippen MR) is 254 cm³/mol. The summed E-state index contributed by atoms with van der Waals surface area (Å²) in [6.07, 6.45) is 0.658. The maximum atomic E-state index is 14.0. The van der Waals surface area contributed by atoms with Gasteiger partial charge < -0.3 is 24.7 Å². The third-order valence-electron chi connectivity index (χ3n) is 13.0. The molecule has 1 aromatic heterocycles. The molecule has 0 spiro atoms. The third kappa shape index (κ3) is 10.6. The number of hydrogen-bond acceptors (Lipinski definition) is 11. The summed E-state index contributed by atoms with van der Waals surface area (Å²) in [5, 5.41) is 16.9. The van der Waals surface area contributed by atoms with Gasteiger partial charge in [-0.2, -0.15) is 17.9 Å². The molecule has 9 rings (SSSR count). The molecule has 1 amide bonds. The number of piperazine rings is 1. The molecule has 3 aliphatic heterocycles. The number of fused-ring (bicyclic) bond motifs is 1. The molecule has 0 aliphatic carbocycles. The summed E-state index contributed by atoms with van der Waals surface area (Å²) in [4.78, 5) is 38.3. The van der Waals surface area contributed by atoms with Crippen molar-refractivity contribution in [1.29, 1.82) is 0 Å². The number of anilines is 2. The molecule has 68 heavy (non-hydrogen) atoms. The van der Waals surface area contributed by atoms with Gasteiger partial charge in [-0.3, -0.25) is 19.8 Å². The van der Waals surface area contributed by atoms with Crippen LogP contribution in [-0.4, -0.2) is 98.3 Å². The molecule has 0 saturated carbocycles. The Bertz CT molecular complexity index is 2910. The second kappa shape index (κ2) is 19.8. The zero-order valence-corrected chi connectivity index (χ0v) is 38.4. The van der Waals surface area contributed by atoms with E-state index in [1.807, 2.05) is 30.3 Å². The molecule has 2 N–H and O–H groups in total. The highest BCUT2D eigenvalue weighted by Gasteiger charge is 2.33. The third-order valence-corrected chi connectivity index (χ3v) is 14.6. The number of hydrogen-bond donors (Lipinski definition) is 2. The van der Waals surface area contributed by atoms with Crippen LogP contribution < -0.4 is 19.8 Å². The number of amides is 1. The standard InChI is InChI=1S/C49H49ClF3N7O7S/c50-37-9-6-33(7-10-37)43-29-36(49(51,52)53)8-5-35(43)32-56-23-25-58(26-24-56)40-11-13-42(47(30-40)67-59-22-15-34-3-1-2-4-45(34)59)48(61)55-68(64,65)41-12-14-44(46(31-41)60(62)63)54-38-16-20-57(21-17-38)39-18-27-66-28-19-39/h1-15,22,29-31,38-39,54H,16-21,23-28,32H2,(H,55,61). The van der Waals surface area contributed by atoms with Crippen molar-refractivity contribution in [3.63, 3.8) is 0 Å². The van der Waals surface area contributed by atoms with Crippen LogP contribution in [-0.2, 0) is 27.5 Å². The number of nitrogens with one attached hydrogen (secondary N) is 2. The van der Waals surface area contributed by atoms with E-state index in [-0.39, 0.29) is 23.0 Å². The number of benzene rings is 5. The van der Waals surface area contributed by atoms with Crippen molar-refractivity contribution < 1.29 is 40.9 Å². The van der Waals surface area contributed by atoms with Gasteiger partial charge in [-0.15, -0.1) is 0 Å². The van der Waals surface area contributed by atoms with Crippen LogP contribution in [0.4, 0.5) is 30.2 Å². The van der Waals surface area contributed by atoms with Crippen LogP contribution in [0.25, 0.3) is 22.0 Å². The highest BCUT2D eigenvalue weighted by molar-refractivity contribution is 7.90. The number of rotatable bonds is 13. The highest BCUT2D eigenvalue weighted by atomic mass is 35.5. The van der Waals surface area contributed by atoms with Crippen LogP contribution in [0.5, 0.6) is 5.75 Å². The SMILES string of the molecule is O=C(NS(=O)(=O)c1ccc(NC2CCN(C3CCOCC3)CC2)c([N+](=O)[O-])c1)c1ccc(N2CCN(Cc3ccc(C(F)(F)F)cc3-c3ccc(Cl)cc3)CC2)cc1On1ccc2ccccc21. The minimum absolute atomic E-state index is 0.0451. The summed E-state index contributed by atoms with van der Waals surface area (Å²) in [5.74, 6) is -0.966. The Morgan fingerprint density at radius 1 is 0.853 bits per heavy atom. The van der Waals surface area contributed by atoms with Gasteiger partial charge in [0.05, 0.1) is 26.5 Å². The average molecular weight is 972 g/mol. The fraction of sp³-hybridized carbons (Fsp3) is 0.327. The van der Waals surface area contributed by atoms with E-state index >= 15 is 0 Å². The van der Waals surface area contributed by atoms with Gasteiger partial charge in [0.15, 0.2) is 5.75 Å².